The van der Waals surface area contributed by atoms with Crippen LogP contribution in [0.5, 0.6) is 0 Å². The second-order valence-corrected chi connectivity index (χ2v) is 2.31. The van der Waals surface area contributed by atoms with E-state index in [4.69, 9.17) is 0 Å². The minimum atomic E-state index is 1.05. The van der Waals surface area contributed by atoms with E-state index in [0.717, 1.165) is 11.1 Å². The summed E-state index contributed by atoms with van der Waals surface area (Å²) in [5.41, 5.74) is 2.17. The van der Waals surface area contributed by atoms with Crippen molar-refractivity contribution in [1.29, 1.82) is 0 Å². The number of rotatable bonds is 3. The van der Waals surface area contributed by atoms with Gasteiger partial charge < -0.3 is 0 Å². The zero-order valence-corrected chi connectivity index (χ0v) is 6.89. The lowest BCUT2D eigenvalue weighted by Crippen LogP contribution is -2.00. The van der Waals surface area contributed by atoms with E-state index in [0.29, 0.717) is 0 Å². The molecule has 0 fully saturated rings. The fourth-order valence-electron chi connectivity index (χ4n) is 0.431. The standard InChI is InChI=1S/C8H14N2/c1-7(2)8(3)6-10(5)9-4/h6H,1,4H2,2-3,5H3/b8-6-. The molecule has 0 atom stereocenters. The van der Waals surface area contributed by atoms with E-state index in [1.807, 2.05) is 27.1 Å². The molecule has 0 saturated carbocycles. The third-order valence-electron chi connectivity index (χ3n) is 1.28. The summed E-state index contributed by atoms with van der Waals surface area (Å²) in [5, 5.41) is 5.33. The summed E-state index contributed by atoms with van der Waals surface area (Å²) in [6.45, 7) is 11.1. The van der Waals surface area contributed by atoms with Crippen LogP contribution in [0.25, 0.3) is 0 Å². The molecule has 0 aromatic carbocycles. The topological polar surface area (TPSA) is 15.6 Å². The van der Waals surface area contributed by atoms with Gasteiger partial charge in [-0.3, -0.25) is 5.01 Å². The maximum absolute atomic E-state index is 3.79. The third kappa shape index (κ3) is 3.07. The molecule has 0 bridgehead atoms. The van der Waals surface area contributed by atoms with Crippen molar-refractivity contribution in [2.75, 3.05) is 7.05 Å². The van der Waals surface area contributed by atoms with Gasteiger partial charge >= 0.3 is 0 Å². The molecule has 0 aliphatic rings. The highest BCUT2D eigenvalue weighted by Crippen LogP contribution is 2.05. The smallest absolute Gasteiger partial charge is 0.0296 e. The van der Waals surface area contributed by atoms with Crippen LogP contribution in [0.2, 0.25) is 0 Å². The van der Waals surface area contributed by atoms with Gasteiger partial charge in [-0.1, -0.05) is 12.2 Å². The molecular weight excluding hydrogens is 124 g/mol. The second-order valence-electron chi connectivity index (χ2n) is 2.31. The molecule has 10 heavy (non-hydrogen) atoms. The van der Waals surface area contributed by atoms with E-state index in [2.05, 4.69) is 18.4 Å². The lowest BCUT2D eigenvalue weighted by Gasteiger charge is -2.06. The van der Waals surface area contributed by atoms with E-state index in [-0.39, 0.29) is 0 Å². The molecule has 0 aliphatic heterocycles. The van der Waals surface area contributed by atoms with Crippen LogP contribution < -0.4 is 0 Å². The Bertz CT molecular complexity index is 168. The number of hydrogen-bond donors (Lipinski definition) is 0. The van der Waals surface area contributed by atoms with Crippen LogP contribution >= 0.6 is 0 Å². The van der Waals surface area contributed by atoms with Gasteiger partial charge in [-0.2, -0.15) is 5.10 Å². The minimum Gasteiger partial charge on any atom is -0.276 e. The first-order valence-electron chi connectivity index (χ1n) is 3.11. The molecule has 0 aromatic heterocycles. The number of hydrazone groups is 1. The van der Waals surface area contributed by atoms with Crippen LogP contribution in [0, 0.1) is 0 Å². The molecular formula is C8H14N2. The summed E-state index contributed by atoms with van der Waals surface area (Å²) in [6.07, 6.45) is 1.88. The van der Waals surface area contributed by atoms with Crippen molar-refractivity contribution in [3.8, 4) is 0 Å². The van der Waals surface area contributed by atoms with Crippen molar-refractivity contribution in [3.05, 3.63) is 23.9 Å². The highest BCUT2D eigenvalue weighted by atomic mass is 15.4. The summed E-state index contributed by atoms with van der Waals surface area (Å²) in [7, 11) is 1.83. The largest absolute Gasteiger partial charge is 0.276 e. The summed E-state index contributed by atoms with van der Waals surface area (Å²) in [5.74, 6) is 0. The molecule has 0 aliphatic carbocycles. The Kier molecular flexibility index (Phi) is 3.47. The van der Waals surface area contributed by atoms with Crippen LogP contribution in [0.15, 0.2) is 29.0 Å². The average molecular weight is 138 g/mol. The summed E-state index contributed by atoms with van der Waals surface area (Å²) in [4.78, 5) is 0. The van der Waals surface area contributed by atoms with Crippen molar-refractivity contribution in [1.82, 2.24) is 5.01 Å². The Labute approximate surface area is 62.5 Å². The van der Waals surface area contributed by atoms with E-state index >= 15 is 0 Å². The molecule has 56 valence electrons. The van der Waals surface area contributed by atoms with Crippen LogP contribution in [0.4, 0.5) is 0 Å². The normalized spacial score (nSPS) is 10.9. The fraction of sp³-hybridized carbons (Fsp3) is 0.375. The molecule has 2 heteroatoms. The SMILES string of the molecule is C=NN(C)/C=C(/C)C(=C)C. The van der Waals surface area contributed by atoms with Crippen molar-refractivity contribution in [2.45, 2.75) is 13.8 Å². The number of allylic oxidation sites excluding steroid dienone is 2. The highest BCUT2D eigenvalue weighted by Gasteiger charge is 1.89. The zero-order valence-electron chi connectivity index (χ0n) is 6.89. The quantitative estimate of drug-likeness (QED) is 0.331. The van der Waals surface area contributed by atoms with Crippen molar-refractivity contribution in [3.63, 3.8) is 0 Å². The maximum Gasteiger partial charge on any atom is 0.0296 e. The molecule has 2 nitrogen and oxygen atoms in total. The van der Waals surface area contributed by atoms with Crippen LogP contribution in [-0.2, 0) is 0 Å². The Balaban J connectivity index is 4.15. The Hall–Kier alpha value is -1.05. The first kappa shape index (κ1) is 8.95. The zero-order chi connectivity index (χ0) is 8.15. The van der Waals surface area contributed by atoms with Gasteiger partial charge in [-0.15, -0.1) is 0 Å². The monoisotopic (exact) mass is 138 g/mol. The predicted molar refractivity (Wildman–Crippen MR) is 45.9 cm³/mol. The Morgan fingerprint density at radius 1 is 1.50 bits per heavy atom. The van der Waals surface area contributed by atoms with Crippen LogP contribution in [-0.4, -0.2) is 18.8 Å². The summed E-state index contributed by atoms with van der Waals surface area (Å²) < 4.78 is 0. The molecule has 0 saturated heterocycles. The molecule has 0 radical (unpaired) electrons. The van der Waals surface area contributed by atoms with Gasteiger partial charge in [-0.25, -0.2) is 0 Å². The lowest BCUT2D eigenvalue weighted by molar-refractivity contribution is 0.491. The molecule has 0 spiro atoms. The molecule has 0 N–H and O–H groups in total. The average Bonchev–Trinajstić information content (AvgIpc) is 1.87. The molecule has 0 amide bonds. The fourth-order valence-corrected chi connectivity index (χ4v) is 0.431. The maximum atomic E-state index is 3.79. The van der Waals surface area contributed by atoms with Crippen molar-refractivity contribution in [2.24, 2.45) is 5.10 Å². The Morgan fingerprint density at radius 3 is 2.30 bits per heavy atom. The van der Waals surface area contributed by atoms with Gasteiger partial charge in [0.2, 0.25) is 0 Å². The summed E-state index contributed by atoms with van der Waals surface area (Å²) in [6, 6.07) is 0. The predicted octanol–water partition coefficient (Wildman–Crippen LogP) is 2.01. The van der Waals surface area contributed by atoms with Gasteiger partial charge in [0.1, 0.15) is 0 Å². The Morgan fingerprint density at radius 2 is 2.00 bits per heavy atom. The second kappa shape index (κ2) is 3.88. The third-order valence-corrected chi connectivity index (χ3v) is 1.28. The lowest BCUT2D eigenvalue weighted by atomic mass is 10.2. The first-order valence-corrected chi connectivity index (χ1v) is 3.11. The van der Waals surface area contributed by atoms with Crippen LogP contribution in [0.1, 0.15) is 13.8 Å². The van der Waals surface area contributed by atoms with Gasteiger partial charge in [0.25, 0.3) is 0 Å². The molecule has 0 heterocycles. The van der Waals surface area contributed by atoms with Gasteiger partial charge in [0.15, 0.2) is 0 Å². The van der Waals surface area contributed by atoms with Gasteiger partial charge in [-0.05, 0) is 19.4 Å². The minimum absolute atomic E-state index is 1.05. The van der Waals surface area contributed by atoms with Gasteiger partial charge in [0.05, 0.1) is 0 Å². The van der Waals surface area contributed by atoms with Crippen molar-refractivity contribution < 1.29 is 0 Å². The first-order chi connectivity index (χ1) is 4.57. The van der Waals surface area contributed by atoms with E-state index in [1.165, 1.54) is 0 Å². The van der Waals surface area contributed by atoms with Crippen molar-refractivity contribution >= 4 is 6.72 Å². The summed E-state index contributed by atoms with van der Waals surface area (Å²) >= 11 is 0. The van der Waals surface area contributed by atoms with E-state index < -0.39 is 0 Å². The molecule has 0 unspecified atom stereocenters. The van der Waals surface area contributed by atoms with E-state index in [1.54, 1.807) is 5.01 Å². The highest BCUT2D eigenvalue weighted by molar-refractivity contribution is 5.25. The van der Waals surface area contributed by atoms with Crippen LogP contribution in [0.3, 0.4) is 0 Å². The van der Waals surface area contributed by atoms with Gasteiger partial charge in [0, 0.05) is 20.0 Å². The number of nitrogens with zero attached hydrogens (tertiary/aromatic N) is 2. The number of hydrogen-bond acceptors (Lipinski definition) is 2. The molecule has 0 rings (SSSR count). The van der Waals surface area contributed by atoms with E-state index in [9.17, 15) is 0 Å². The molecule has 0 aromatic rings.